The van der Waals surface area contributed by atoms with Gasteiger partial charge in [-0.2, -0.15) is 13.2 Å². The lowest BCUT2D eigenvalue weighted by Crippen LogP contribution is -2.32. The highest BCUT2D eigenvalue weighted by Gasteiger charge is 2.28. The molecule has 5 heteroatoms. The molecule has 1 atom stereocenters. The summed E-state index contributed by atoms with van der Waals surface area (Å²) < 4.78 is 36.5. The van der Waals surface area contributed by atoms with Crippen LogP contribution in [0.5, 0.6) is 0 Å². The molecule has 17 heavy (non-hydrogen) atoms. The smallest absolute Gasteiger partial charge is 0.302 e. The lowest BCUT2D eigenvalue weighted by molar-refractivity contribution is -0.126. The van der Waals surface area contributed by atoms with Crippen LogP contribution in [0.15, 0.2) is 24.3 Å². The average molecular weight is 266 g/mol. The van der Waals surface area contributed by atoms with E-state index in [1.807, 2.05) is 6.92 Å². The third-order valence-electron chi connectivity index (χ3n) is 2.40. The Bertz CT molecular complexity index is 335. The Kier molecular flexibility index (Phi) is 5.28. The van der Waals surface area contributed by atoms with Crippen LogP contribution in [0.25, 0.3) is 0 Å². The molecule has 0 fully saturated rings. The minimum absolute atomic E-state index is 0.279. The van der Waals surface area contributed by atoms with Crippen LogP contribution in [-0.2, 0) is 0 Å². The van der Waals surface area contributed by atoms with Crippen LogP contribution >= 0.6 is 11.6 Å². The zero-order chi connectivity index (χ0) is 12.9. The van der Waals surface area contributed by atoms with Gasteiger partial charge in [0, 0.05) is 11.1 Å². The molecule has 0 saturated carbocycles. The fourth-order valence-corrected chi connectivity index (χ4v) is 1.74. The number of rotatable bonds is 5. The fourth-order valence-electron chi connectivity index (χ4n) is 1.61. The Morgan fingerprint density at radius 2 is 1.82 bits per heavy atom. The van der Waals surface area contributed by atoms with E-state index in [1.165, 1.54) is 0 Å². The molecule has 1 N–H and O–H groups in total. The minimum atomic E-state index is -4.18. The summed E-state index contributed by atoms with van der Waals surface area (Å²) in [5, 5.41) is 3.11. The summed E-state index contributed by atoms with van der Waals surface area (Å²) in [5.74, 6) is 0. The Morgan fingerprint density at radius 1 is 1.24 bits per heavy atom. The number of hydrogen-bond acceptors (Lipinski definition) is 1. The van der Waals surface area contributed by atoms with E-state index in [2.05, 4.69) is 5.32 Å². The summed E-state index contributed by atoms with van der Waals surface area (Å²) >= 11 is 5.74. The van der Waals surface area contributed by atoms with E-state index in [0.717, 1.165) is 12.0 Å². The standard InChI is InChI=1S/C12H15ClF3N/c1-2-3-11(17-8-12(14,15)16)9-4-6-10(13)7-5-9/h4-7,11,17H,2-3,8H2,1H3. The van der Waals surface area contributed by atoms with Gasteiger partial charge >= 0.3 is 6.18 Å². The summed E-state index contributed by atoms with van der Waals surface area (Å²) in [6, 6.07) is 6.61. The van der Waals surface area contributed by atoms with Crippen molar-refractivity contribution in [1.29, 1.82) is 0 Å². The number of nitrogens with one attached hydrogen (secondary N) is 1. The predicted octanol–water partition coefficient (Wildman–Crippen LogP) is 4.33. The molecule has 1 nitrogen and oxygen atoms in total. The van der Waals surface area contributed by atoms with Gasteiger partial charge in [0.05, 0.1) is 6.54 Å². The fraction of sp³-hybridized carbons (Fsp3) is 0.500. The van der Waals surface area contributed by atoms with Gasteiger partial charge in [0.2, 0.25) is 0 Å². The molecule has 1 aromatic carbocycles. The summed E-state index contributed by atoms with van der Waals surface area (Å²) in [6.45, 7) is 0.971. The highest BCUT2D eigenvalue weighted by molar-refractivity contribution is 6.30. The van der Waals surface area contributed by atoms with Crippen LogP contribution in [0.1, 0.15) is 31.4 Å². The number of benzene rings is 1. The second-order valence-corrected chi connectivity index (χ2v) is 4.33. The lowest BCUT2D eigenvalue weighted by atomic mass is 10.0. The van der Waals surface area contributed by atoms with Crippen LogP contribution in [0, 0.1) is 0 Å². The van der Waals surface area contributed by atoms with Crippen molar-refractivity contribution in [2.24, 2.45) is 0 Å². The predicted molar refractivity (Wildman–Crippen MR) is 63.2 cm³/mol. The van der Waals surface area contributed by atoms with Gasteiger partial charge in [-0.05, 0) is 24.1 Å². The van der Waals surface area contributed by atoms with Crippen molar-refractivity contribution in [2.75, 3.05) is 6.54 Å². The molecule has 0 aliphatic carbocycles. The molecular formula is C12H15ClF3N. The first kappa shape index (κ1) is 14.3. The van der Waals surface area contributed by atoms with Gasteiger partial charge in [0.25, 0.3) is 0 Å². The average Bonchev–Trinajstić information content (AvgIpc) is 2.24. The molecule has 0 amide bonds. The number of alkyl halides is 3. The van der Waals surface area contributed by atoms with Gasteiger partial charge in [-0.25, -0.2) is 0 Å². The first-order valence-corrected chi connectivity index (χ1v) is 5.86. The van der Waals surface area contributed by atoms with Crippen LogP contribution in [0.4, 0.5) is 13.2 Å². The Labute approximate surface area is 104 Å². The quantitative estimate of drug-likeness (QED) is 0.835. The third-order valence-corrected chi connectivity index (χ3v) is 2.65. The maximum atomic E-state index is 12.2. The summed E-state index contributed by atoms with van der Waals surface area (Å²) in [7, 11) is 0. The molecule has 1 aromatic rings. The molecule has 1 rings (SSSR count). The van der Waals surface area contributed by atoms with Crippen molar-refractivity contribution in [2.45, 2.75) is 32.0 Å². The molecule has 0 bridgehead atoms. The second kappa shape index (κ2) is 6.26. The van der Waals surface area contributed by atoms with Gasteiger partial charge in [-0.1, -0.05) is 37.1 Å². The van der Waals surface area contributed by atoms with E-state index in [4.69, 9.17) is 11.6 Å². The Hall–Kier alpha value is -0.740. The van der Waals surface area contributed by atoms with Gasteiger partial charge in [0.15, 0.2) is 0 Å². The molecular weight excluding hydrogens is 251 g/mol. The molecule has 0 radical (unpaired) electrons. The summed E-state index contributed by atoms with van der Waals surface area (Å²) in [4.78, 5) is 0. The Morgan fingerprint density at radius 3 is 2.29 bits per heavy atom. The third kappa shape index (κ3) is 5.41. The zero-order valence-corrected chi connectivity index (χ0v) is 10.3. The van der Waals surface area contributed by atoms with E-state index in [-0.39, 0.29) is 6.04 Å². The Balaban J connectivity index is 2.68. The van der Waals surface area contributed by atoms with E-state index < -0.39 is 12.7 Å². The molecule has 0 heterocycles. The maximum absolute atomic E-state index is 12.2. The second-order valence-electron chi connectivity index (χ2n) is 3.89. The van der Waals surface area contributed by atoms with Crippen LogP contribution in [-0.4, -0.2) is 12.7 Å². The van der Waals surface area contributed by atoms with Gasteiger partial charge in [0.1, 0.15) is 0 Å². The molecule has 0 spiro atoms. The first-order chi connectivity index (χ1) is 7.92. The van der Waals surface area contributed by atoms with E-state index in [0.29, 0.717) is 11.4 Å². The molecule has 0 aromatic heterocycles. The molecule has 1 unspecified atom stereocenters. The van der Waals surface area contributed by atoms with E-state index in [9.17, 15) is 13.2 Å². The number of halogens is 4. The van der Waals surface area contributed by atoms with E-state index in [1.54, 1.807) is 24.3 Å². The zero-order valence-electron chi connectivity index (χ0n) is 9.52. The first-order valence-electron chi connectivity index (χ1n) is 5.48. The van der Waals surface area contributed by atoms with E-state index >= 15 is 0 Å². The van der Waals surface area contributed by atoms with Crippen LogP contribution < -0.4 is 5.32 Å². The van der Waals surface area contributed by atoms with Gasteiger partial charge in [-0.15, -0.1) is 0 Å². The SMILES string of the molecule is CCCC(NCC(F)(F)F)c1ccc(Cl)cc1. The topological polar surface area (TPSA) is 12.0 Å². The highest BCUT2D eigenvalue weighted by atomic mass is 35.5. The van der Waals surface area contributed by atoms with Crippen molar-refractivity contribution < 1.29 is 13.2 Å². The van der Waals surface area contributed by atoms with Crippen LogP contribution in [0.2, 0.25) is 5.02 Å². The van der Waals surface area contributed by atoms with Crippen molar-refractivity contribution >= 4 is 11.6 Å². The maximum Gasteiger partial charge on any atom is 0.401 e. The molecule has 0 aliphatic heterocycles. The van der Waals surface area contributed by atoms with Crippen molar-refractivity contribution in [3.05, 3.63) is 34.9 Å². The van der Waals surface area contributed by atoms with Crippen molar-refractivity contribution in [3.8, 4) is 0 Å². The monoisotopic (exact) mass is 265 g/mol. The highest BCUT2D eigenvalue weighted by Crippen LogP contribution is 2.22. The number of hydrogen-bond donors (Lipinski definition) is 1. The largest absolute Gasteiger partial charge is 0.401 e. The van der Waals surface area contributed by atoms with Crippen molar-refractivity contribution in [1.82, 2.24) is 5.32 Å². The molecule has 0 saturated heterocycles. The van der Waals surface area contributed by atoms with Gasteiger partial charge in [-0.3, -0.25) is 0 Å². The summed E-state index contributed by atoms with van der Waals surface area (Å²) in [5.41, 5.74) is 0.834. The molecule has 96 valence electrons. The lowest BCUT2D eigenvalue weighted by Gasteiger charge is -2.19. The van der Waals surface area contributed by atoms with Crippen LogP contribution in [0.3, 0.4) is 0 Å². The van der Waals surface area contributed by atoms with Crippen molar-refractivity contribution in [3.63, 3.8) is 0 Å². The van der Waals surface area contributed by atoms with Gasteiger partial charge < -0.3 is 5.32 Å². The minimum Gasteiger partial charge on any atom is -0.302 e. The summed E-state index contributed by atoms with van der Waals surface area (Å²) in [6.07, 6.45) is -2.70. The molecule has 0 aliphatic rings. The normalized spacial score (nSPS) is 13.7.